The fourth-order valence-electron chi connectivity index (χ4n) is 1.91. The van der Waals surface area contributed by atoms with Gasteiger partial charge >= 0.3 is 11.9 Å². The summed E-state index contributed by atoms with van der Waals surface area (Å²) in [6.07, 6.45) is 6.11. The second-order valence-corrected chi connectivity index (χ2v) is 5.00. The van der Waals surface area contributed by atoms with Gasteiger partial charge in [0.1, 0.15) is 0 Å². The molecule has 0 aromatic carbocycles. The molecule has 0 atom stereocenters. The predicted octanol–water partition coefficient (Wildman–Crippen LogP) is 2.10. The van der Waals surface area contributed by atoms with Crippen molar-refractivity contribution in [3.63, 3.8) is 0 Å². The van der Waals surface area contributed by atoms with E-state index in [1.54, 1.807) is 0 Å². The highest BCUT2D eigenvalue weighted by atomic mass is 16.5. The second-order valence-electron chi connectivity index (χ2n) is 5.00. The normalized spacial score (nSPS) is 11.5. The van der Waals surface area contributed by atoms with E-state index in [9.17, 15) is 9.59 Å². The molecule has 0 aliphatic carbocycles. The Bertz CT molecular complexity index is 333. The largest absolute Gasteiger partial charge is 0.464 e. The van der Waals surface area contributed by atoms with E-state index >= 15 is 0 Å². The molecular weight excluding hydrogens is 284 g/mol. The van der Waals surface area contributed by atoms with Gasteiger partial charge < -0.3 is 20.1 Å². The summed E-state index contributed by atoms with van der Waals surface area (Å²) in [4.78, 5) is 23.9. The summed E-state index contributed by atoms with van der Waals surface area (Å²) in [6, 6.07) is 0. The fraction of sp³-hybridized carbons (Fsp3) is 0.750. The Morgan fingerprint density at radius 3 is 1.36 bits per heavy atom. The van der Waals surface area contributed by atoms with Gasteiger partial charge in [-0.25, -0.2) is 9.59 Å². The molecule has 2 N–H and O–H groups in total. The number of esters is 2. The second kappa shape index (κ2) is 13.0. The first-order valence-corrected chi connectivity index (χ1v) is 8.00. The number of nitrogens with one attached hydrogen (secondary N) is 2. The van der Waals surface area contributed by atoms with Crippen molar-refractivity contribution < 1.29 is 19.1 Å². The van der Waals surface area contributed by atoms with Gasteiger partial charge in [0, 0.05) is 13.1 Å². The van der Waals surface area contributed by atoms with Crippen LogP contribution in [-0.2, 0) is 19.1 Å². The van der Waals surface area contributed by atoms with E-state index in [-0.39, 0.29) is 11.4 Å². The summed E-state index contributed by atoms with van der Waals surface area (Å²) in [5.74, 6) is -1.14. The smallest absolute Gasteiger partial charge is 0.356 e. The Balaban J connectivity index is 5.01. The molecule has 0 fully saturated rings. The molecule has 0 rings (SSSR count). The van der Waals surface area contributed by atoms with E-state index in [4.69, 9.17) is 9.47 Å². The van der Waals surface area contributed by atoms with Crippen molar-refractivity contribution >= 4 is 11.9 Å². The summed E-state index contributed by atoms with van der Waals surface area (Å²) in [7, 11) is 2.59. The van der Waals surface area contributed by atoms with Crippen LogP contribution in [0.2, 0.25) is 0 Å². The molecule has 0 heterocycles. The van der Waals surface area contributed by atoms with Crippen molar-refractivity contribution in [2.24, 2.45) is 0 Å². The molecule has 0 aliphatic heterocycles. The van der Waals surface area contributed by atoms with Gasteiger partial charge in [0.05, 0.1) is 14.2 Å². The number of hydrogen-bond acceptors (Lipinski definition) is 6. The summed E-state index contributed by atoms with van der Waals surface area (Å²) in [5.41, 5.74) is 0.281. The molecule has 0 aromatic heterocycles. The van der Waals surface area contributed by atoms with Gasteiger partial charge in [0.2, 0.25) is 0 Å². The molecule has 0 spiro atoms. The standard InChI is InChI=1S/C16H30N2O4/c1-5-7-9-11-17-13(15(19)21-3)14(16(20)22-4)18-12-10-8-6-2/h17-18H,5-12H2,1-4H3. The number of carbonyl (C=O) groups is 2. The van der Waals surface area contributed by atoms with Crippen LogP contribution < -0.4 is 10.6 Å². The van der Waals surface area contributed by atoms with Crippen LogP contribution in [0.3, 0.4) is 0 Å². The van der Waals surface area contributed by atoms with Gasteiger partial charge in [-0.05, 0) is 12.8 Å². The molecular formula is C16H30N2O4. The van der Waals surface area contributed by atoms with Gasteiger partial charge in [-0.3, -0.25) is 0 Å². The van der Waals surface area contributed by atoms with Crippen LogP contribution in [0.25, 0.3) is 0 Å². The Labute approximate surface area is 133 Å². The van der Waals surface area contributed by atoms with Crippen molar-refractivity contribution in [2.75, 3.05) is 27.3 Å². The fourth-order valence-corrected chi connectivity index (χ4v) is 1.91. The number of carbonyl (C=O) groups excluding carboxylic acids is 2. The molecule has 0 amide bonds. The highest BCUT2D eigenvalue weighted by Crippen LogP contribution is 2.05. The molecule has 0 saturated heterocycles. The van der Waals surface area contributed by atoms with Crippen LogP contribution >= 0.6 is 0 Å². The van der Waals surface area contributed by atoms with E-state index in [0.717, 1.165) is 38.5 Å². The van der Waals surface area contributed by atoms with Gasteiger partial charge in [-0.15, -0.1) is 0 Å². The third kappa shape index (κ3) is 7.90. The minimum Gasteiger partial charge on any atom is -0.464 e. The Morgan fingerprint density at radius 2 is 1.09 bits per heavy atom. The lowest BCUT2D eigenvalue weighted by Gasteiger charge is -2.15. The SMILES string of the molecule is CCCCCNC(C(=O)OC)=C(NCCCCC)C(=O)OC. The Kier molecular flexibility index (Phi) is 12.0. The topological polar surface area (TPSA) is 76.7 Å². The van der Waals surface area contributed by atoms with Crippen LogP contribution in [0.1, 0.15) is 52.4 Å². The van der Waals surface area contributed by atoms with Gasteiger partial charge in [-0.2, -0.15) is 0 Å². The zero-order chi connectivity index (χ0) is 16.8. The lowest BCUT2D eigenvalue weighted by Crippen LogP contribution is -2.33. The molecule has 0 unspecified atom stereocenters. The molecule has 0 aromatic rings. The quantitative estimate of drug-likeness (QED) is 0.326. The average molecular weight is 314 g/mol. The first kappa shape index (κ1) is 20.3. The maximum atomic E-state index is 11.9. The molecule has 6 heteroatoms. The zero-order valence-corrected chi connectivity index (χ0v) is 14.3. The summed E-state index contributed by atoms with van der Waals surface area (Å²) >= 11 is 0. The van der Waals surface area contributed by atoms with Crippen LogP contribution in [0.5, 0.6) is 0 Å². The van der Waals surface area contributed by atoms with Gasteiger partial charge in [0.25, 0.3) is 0 Å². The van der Waals surface area contributed by atoms with Crippen LogP contribution in [0.4, 0.5) is 0 Å². The molecule has 0 aliphatic rings. The maximum absolute atomic E-state index is 11.9. The van der Waals surface area contributed by atoms with Crippen LogP contribution in [0.15, 0.2) is 11.4 Å². The third-order valence-corrected chi connectivity index (χ3v) is 3.19. The van der Waals surface area contributed by atoms with Crippen LogP contribution in [-0.4, -0.2) is 39.2 Å². The van der Waals surface area contributed by atoms with E-state index in [1.807, 2.05) is 0 Å². The summed E-state index contributed by atoms with van der Waals surface area (Å²) in [5, 5.41) is 6.01. The van der Waals surface area contributed by atoms with Gasteiger partial charge in [-0.1, -0.05) is 39.5 Å². The van der Waals surface area contributed by atoms with E-state index in [1.165, 1.54) is 14.2 Å². The minimum atomic E-state index is -0.570. The van der Waals surface area contributed by atoms with Crippen molar-refractivity contribution in [2.45, 2.75) is 52.4 Å². The Morgan fingerprint density at radius 1 is 0.727 bits per heavy atom. The molecule has 0 radical (unpaired) electrons. The number of rotatable bonds is 12. The maximum Gasteiger partial charge on any atom is 0.356 e. The van der Waals surface area contributed by atoms with E-state index in [2.05, 4.69) is 24.5 Å². The predicted molar refractivity (Wildman–Crippen MR) is 86.1 cm³/mol. The first-order chi connectivity index (χ1) is 10.6. The summed E-state index contributed by atoms with van der Waals surface area (Å²) in [6.45, 7) is 5.42. The summed E-state index contributed by atoms with van der Waals surface area (Å²) < 4.78 is 9.53. The lowest BCUT2D eigenvalue weighted by molar-refractivity contribution is -0.140. The number of ether oxygens (including phenoxy) is 2. The number of methoxy groups -OCH3 is 2. The van der Waals surface area contributed by atoms with E-state index in [0.29, 0.717) is 13.1 Å². The molecule has 128 valence electrons. The average Bonchev–Trinajstić information content (AvgIpc) is 2.54. The highest BCUT2D eigenvalue weighted by molar-refractivity contribution is 5.99. The van der Waals surface area contributed by atoms with Gasteiger partial charge in [0.15, 0.2) is 11.4 Å². The minimum absolute atomic E-state index is 0.141. The zero-order valence-electron chi connectivity index (χ0n) is 14.3. The first-order valence-electron chi connectivity index (χ1n) is 8.00. The highest BCUT2D eigenvalue weighted by Gasteiger charge is 2.22. The molecule has 6 nitrogen and oxygen atoms in total. The monoisotopic (exact) mass is 314 g/mol. The van der Waals surface area contributed by atoms with Crippen molar-refractivity contribution in [1.82, 2.24) is 10.6 Å². The van der Waals surface area contributed by atoms with Crippen molar-refractivity contribution in [3.8, 4) is 0 Å². The van der Waals surface area contributed by atoms with E-state index < -0.39 is 11.9 Å². The van der Waals surface area contributed by atoms with Crippen molar-refractivity contribution in [1.29, 1.82) is 0 Å². The molecule has 0 saturated carbocycles. The third-order valence-electron chi connectivity index (χ3n) is 3.19. The van der Waals surface area contributed by atoms with Crippen LogP contribution in [0, 0.1) is 0 Å². The molecule has 22 heavy (non-hydrogen) atoms. The number of hydrogen-bond donors (Lipinski definition) is 2. The van der Waals surface area contributed by atoms with Crippen molar-refractivity contribution in [3.05, 3.63) is 11.4 Å². The molecule has 0 bridgehead atoms. The number of unbranched alkanes of at least 4 members (excludes halogenated alkanes) is 4. The lowest BCUT2D eigenvalue weighted by atomic mass is 10.2. The Hall–Kier alpha value is -1.72.